The molecule has 0 amide bonds. The summed E-state index contributed by atoms with van der Waals surface area (Å²) in [6.45, 7) is 11.2. The van der Waals surface area contributed by atoms with E-state index in [1.165, 1.54) is 29.8 Å². The summed E-state index contributed by atoms with van der Waals surface area (Å²) in [5, 5.41) is 0. The lowest BCUT2D eigenvalue weighted by Gasteiger charge is -2.43. The highest BCUT2D eigenvalue weighted by atomic mass is 15.2. The Bertz CT molecular complexity index is 427. The van der Waals surface area contributed by atoms with Crippen molar-refractivity contribution in [3.05, 3.63) is 29.3 Å². The molecule has 0 aromatic heterocycles. The highest BCUT2D eigenvalue weighted by Gasteiger charge is 2.28. The van der Waals surface area contributed by atoms with Crippen LogP contribution in [0.3, 0.4) is 0 Å². The van der Waals surface area contributed by atoms with Crippen molar-refractivity contribution in [2.75, 3.05) is 18.0 Å². The van der Waals surface area contributed by atoms with Gasteiger partial charge in [0.05, 0.1) is 0 Å². The summed E-state index contributed by atoms with van der Waals surface area (Å²) in [6.07, 6.45) is 2.33. The zero-order valence-electron chi connectivity index (χ0n) is 12.8. The van der Waals surface area contributed by atoms with Crippen LogP contribution in [0.4, 0.5) is 5.69 Å². The third-order valence-corrected chi connectivity index (χ3v) is 4.67. The Hall–Kier alpha value is -1.02. The molecule has 1 fully saturated rings. The predicted molar refractivity (Wildman–Crippen MR) is 83.7 cm³/mol. The van der Waals surface area contributed by atoms with Crippen LogP contribution in [-0.2, 0) is 6.42 Å². The average molecular weight is 260 g/mol. The summed E-state index contributed by atoms with van der Waals surface area (Å²) in [6, 6.07) is 7.51. The van der Waals surface area contributed by atoms with Gasteiger partial charge in [-0.25, -0.2) is 0 Å². The minimum absolute atomic E-state index is 0.635. The fraction of sp³-hybridized carbons (Fsp3) is 0.647. The molecule has 106 valence electrons. The van der Waals surface area contributed by atoms with Crippen molar-refractivity contribution in [2.24, 2.45) is 17.6 Å². The molecule has 1 aliphatic heterocycles. The van der Waals surface area contributed by atoms with Gasteiger partial charge < -0.3 is 10.6 Å². The number of benzene rings is 1. The number of anilines is 1. The van der Waals surface area contributed by atoms with Crippen LogP contribution in [0.25, 0.3) is 0 Å². The van der Waals surface area contributed by atoms with E-state index in [9.17, 15) is 0 Å². The van der Waals surface area contributed by atoms with Gasteiger partial charge in [-0.15, -0.1) is 0 Å². The lowest BCUT2D eigenvalue weighted by molar-refractivity contribution is 0.297. The number of aryl methyl sites for hydroxylation is 1. The third-order valence-electron chi connectivity index (χ3n) is 4.67. The molecule has 0 aliphatic carbocycles. The normalized spacial score (nSPS) is 27.6. The van der Waals surface area contributed by atoms with Crippen LogP contribution >= 0.6 is 0 Å². The zero-order valence-corrected chi connectivity index (χ0v) is 12.8. The Labute approximate surface area is 118 Å². The Morgan fingerprint density at radius 2 is 2.00 bits per heavy atom. The summed E-state index contributed by atoms with van der Waals surface area (Å²) >= 11 is 0. The molecule has 1 aromatic rings. The van der Waals surface area contributed by atoms with E-state index in [2.05, 4.69) is 50.8 Å². The van der Waals surface area contributed by atoms with E-state index in [0.717, 1.165) is 24.8 Å². The monoisotopic (exact) mass is 260 g/mol. The third kappa shape index (κ3) is 3.11. The molecule has 3 unspecified atom stereocenters. The maximum Gasteiger partial charge on any atom is 0.0371 e. The maximum atomic E-state index is 5.66. The van der Waals surface area contributed by atoms with Crippen molar-refractivity contribution in [2.45, 2.75) is 46.6 Å². The molecule has 0 bridgehead atoms. The van der Waals surface area contributed by atoms with Crippen molar-refractivity contribution in [3.63, 3.8) is 0 Å². The molecule has 2 rings (SSSR count). The van der Waals surface area contributed by atoms with E-state index in [1.807, 2.05) is 0 Å². The number of hydrogen-bond acceptors (Lipinski definition) is 2. The minimum atomic E-state index is 0.635. The van der Waals surface area contributed by atoms with E-state index in [0.29, 0.717) is 6.04 Å². The van der Waals surface area contributed by atoms with Gasteiger partial charge in [0.2, 0.25) is 0 Å². The van der Waals surface area contributed by atoms with Gasteiger partial charge in [-0.3, -0.25) is 0 Å². The van der Waals surface area contributed by atoms with Crippen molar-refractivity contribution >= 4 is 5.69 Å². The molecule has 2 nitrogen and oxygen atoms in total. The van der Waals surface area contributed by atoms with Gasteiger partial charge in [-0.05, 0) is 68.3 Å². The van der Waals surface area contributed by atoms with Gasteiger partial charge in [0.25, 0.3) is 0 Å². The van der Waals surface area contributed by atoms with Crippen LogP contribution in [0.2, 0.25) is 0 Å². The number of nitrogens with two attached hydrogens (primary N) is 1. The fourth-order valence-corrected chi connectivity index (χ4v) is 3.35. The first-order valence-corrected chi connectivity index (χ1v) is 7.59. The molecule has 2 heteroatoms. The quantitative estimate of drug-likeness (QED) is 0.903. The smallest absolute Gasteiger partial charge is 0.0371 e. The van der Waals surface area contributed by atoms with Crippen molar-refractivity contribution in [3.8, 4) is 0 Å². The summed E-state index contributed by atoms with van der Waals surface area (Å²) in [5.41, 5.74) is 9.80. The van der Waals surface area contributed by atoms with E-state index >= 15 is 0 Å². The highest BCUT2D eigenvalue weighted by molar-refractivity contribution is 5.52. The SMILES string of the molecule is Cc1cc(N2CC(C)CC(C)C2C)ccc1CCN. The Balaban J connectivity index is 2.23. The fourth-order valence-electron chi connectivity index (χ4n) is 3.35. The number of rotatable bonds is 3. The largest absolute Gasteiger partial charge is 0.368 e. The van der Waals surface area contributed by atoms with E-state index < -0.39 is 0 Å². The number of hydrogen-bond donors (Lipinski definition) is 1. The summed E-state index contributed by atoms with van der Waals surface area (Å²) in [5.74, 6) is 1.56. The average Bonchev–Trinajstić information content (AvgIpc) is 2.36. The molecule has 1 aliphatic rings. The first kappa shape index (κ1) is 14.4. The molecule has 19 heavy (non-hydrogen) atoms. The standard InChI is InChI=1S/C17H28N2/c1-12-9-13(2)15(4)19(11-12)17-6-5-16(7-8-18)14(3)10-17/h5-6,10,12-13,15H,7-9,11,18H2,1-4H3. The summed E-state index contributed by atoms with van der Waals surface area (Å²) in [4.78, 5) is 2.58. The second kappa shape index (κ2) is 5.96. The molecule has 1 saturated heterocycles. The van der Waals surface area contributed by atoms with Crippen molar-refractivity contribution in [1.29, 1.82) is 0 Å². The minimum Gasteiger partial charge on any atom is -0.368 e. The number of piperidine rings is 1. The molecular formula is C17H28N2. The van der Waals surface area contributed by atoms with E-state index in [1.54, 1.807) is 0 Å². The molecular weight excluding hydrogens is 232 g/mol. The van der Waals surface area contributed by atoms with Gasteiger partial charge in [-0.2, -0.15) is 0 Å². The van der Waals surface area contributed by atoms with Crippen LogP contribution in [0.1, 0.15) is 38.3 Å². The van der Waals surface area contributed by atoms with Crippen molar-refractivity contribution < 1.29 is 0 Å². The Morgan fingerprint density at radius 1 is 1.26 bits per heavy atom. The van der Waals surface area contributed by atoms with Gasteiger partial charge in [0.1, 0.15) is 0 Å². The first-order valence-electron chi connectivity index (χ1n) is 7.59. The van der Waals surface area contributed by atoms with Gasteiger partial charge in [0, 0.05) is 18.3 Å². The molecule has 1 aromatic carbocycles. The van der Waals surface area contributed by atoms with Crippen LogP contribution in [0.5, 0.6) is 0 Å². The van der Waals surface area contributed by atoms with E-state index in [4.69, 9.17) is 5.73 Å². The molecule has 0 saturated carbocycles. The van der Waals surface area contributed by atoms with Crippen molar-refractivity contribution in [1.82, 2.24) is 0 Å². The predicted octanol–water partition coefficient (Wildman–Crippen LogP) is 3.37. The maximum absolute atomic E-state index is 5.66. The van der Waals surface area contributed by atoms with Crippen LogP contribution in [-0.4, -0.2) is 19.1 Å². The van der Waals surface area contributed by atoms with Crippen LogP contribution in [0.15, 0.2) is 18.2 Å². The lowest BCUT2D eigenvalue weighted by atomic mass is 9.85. The zero-order chi connectivity index (χ0) is 14.0. The second-order valence-corrected chi connectivity index (χ2v) is 6.36. The Kier molecular flexibility index (Phi) is 4.51. The summed E-state index contributed by atoms with van der Waals surface area (Å²) in [7, 11) is 0. The molecule has 1 heterocycles. The molecule has 0 radical (unpaired) electrons. The Morgan fingerprint density at radius 3 is 2.63 bits per heavy atom. The topological polar surface area (TPSA) is 29.3 Å². The van der Waals surface area contributed by atoms with Gasteiger partial charge >= 0.3 is 0 Å². The van der Waals surface area contributed by atoms with Gasteiger partial charge in [0.15, 0.2) is 0 Å². The highest BCUT2D eigenvalue weighted by Crippen LogP contribution is 2.32. The second-order valence-electron chi connectivity index (χ2n) is 6.36. The molecule has 2 N–H and O–H groups in total. The van der Waals surface area contributed by atoms with E-state index in [-0.39, 0.29) is 0 Å². The summed E-state index contributed by atoms with van der Waals surface area (Å²) < 4.78 is 0. The lowest BCUT2D eigenvalue weighted by Crippen LogP contribution is -2.45. The molecule has 0 spiro atoms. The molecule has 3 atom stereocenters. The first-order chi connectivity index (χ1) is 9.02. The van der Waals surface area contributed by atoms with Crippen LogP contribution in [0, 0.1) is 18.8 Å². The van der Waals surface area contributed by atoms with Gasteiger partial charge in [-0.1, -0.05) is 19.9 Å². The number of nitrogens with zero attached hydrogens (tertiary/aromatic N) is 1. The van der Waals surface area contributed by atoms with Crippen LogP contribution < -0.4 is 10.6 Å².